The Hall–Kier alpha value is -3.08. The van der Waals surface area contributed by atoms with E-state index < -0.39 is 0 Å². The maximum absolute atomic E-state index is 12.4. The molecule has 0 radical (unpaired) electrons. The standard InChI is InChI=1S/C21H23N3O2/c1-14-8-9-20(16(3)12-14)26-13-24-11-10-19(23-24)21(25)22-18-7-5-6-15(2)17(18)4/h5-12H,13H2,1-4H3,(H,22,25). The van der Waals surface area contributed by atoms with E-state index in [2.05, 4.69) is 16.5 Å². The van der Waals surface area contributed by atoms with Gasteiger partial charge in [-0.25, -0.2) is 4.68 Å². The highest BCUT2D eigenvalue weighted by atomic mass is 16.5. The SMILES string of the molecule is Cc1ccc(OCn2ccc(C(=O)Nc3cccc(C)c3C)n2)c(C)c1. The molecule has 0 unspecified atom stereocenters. The van der Waals surface area contributed by atoms with Gasteiger partial charge in [0, 0.05) is 11.9 Å². The number of aryl methyl sites for hydroxylation is 3. The number of amides is 1. The molecule has 3 rings (SSSR count). The third-order valence-corrected chi connectivity index (χ3v) is 4.41. The topological polar surface area (TPSA) is 56.1 Å². The van der Waals surface area contributed by atoms with Crippen molar-refractivity contribution in [2.75, 3.05) is 5.32 Å². The summed E-state index contributed by atoms with van der Waals surface area (Å²) in [7, 11) is 0. The fraction of sp³-hybridized carbons (Fsp3) is 0.238. The van der Waals surface area contributed by atoms with Crippen molar-refractivity contribution in [2.24, 2.45) is 0 Å². The minimum Gasteiger partial charge on any atom is -0.471 e. The third-order valence-electron chi connectivity index (χ3n) is 4.41. The summed E-state index contributed by atoms with van der Waals surface area (Å²) in [5.74, 6) is 0.580. The molecular weight excluding hydrogens is 326 g/mol. The van der Waals surface area contributed by atoms with E-state index in [0.717, 1.165) is 28.1 Å². The number of nitrogens with one attached hydrogen (secondary N) is 1. The molecular formula is C21H23N3O2. The zero-order valence-electron chi connectivity index (χ0n) is 15.5. The molecule has 26 heavy (non-hydrogen) atoms. The second-order valence-corrected chi connectivity index (χ2v) is 6.48. The van der Waals surface area contributed by atoms with E-state index in [1.54, 1.807) is 16.9 Å². The van der Waals surface area contributed by atoms with Gasteiger partial charge in [0.15, 0.2) is 12.4 Å². The summed E-state index contributed by atoms with van der Waals surface area (Å²) >= 11 is 0. The summed E-state index contributed by atoms with van der Waals surface area (Å²) in [4.78, 5) is 12.4. The molecule has 1 aromatic heterocycles. The zero-order chi connectivity index (χ0) is 18.7. The second-order valence-electron chi connectivity index (χ2n) is 6.48. The molecule has 0 atom stereocenters. The lowest BCUT2D eigenvalue weighted by atomic mass is 10.1. The normalized spacial score (nSPS) is 10.6. The molecule has 0 aliphatic carbocycles. The fourth-order valence-corrected chi connectivity index (χ4v) is 2.72. The summed E-state index contributed by atoms with van der Waals surface area (Å²) in [6.07, 6.45) is 1.74. The molecule has 5 heteroatoms. The smallest absolute Gasteiger partial charge is 0.276 e. The number of anilines is 1. The number of benzene rings is 2. The average Bonchev–Trinajstić information content (AvgIpc) is 3.07. The Balaban J connectivity index is 1.65. The van der Waals surface area contributed by atoms with Crippen LogP contribution in [0.25, 0.3) is 0 Å². The molecule has 1 heterocycles. The molecule has 5 nitrogen and oxygen atoms in total. The Labute approximate surface area is 153 Å². The van der Waals surface area contributed by atoms with Gasteiger partial charge in [-0.15, -0.1) is 0 Å². The van der Waals surface area contributed by atoms with Crippen LogP contribution in [0.4, 0.5) is 5.69 Å². The largest absolute Gasteiger partial charge is 0.471 e. The quantitative estimate of drug-likeness (QED) is 0.742. The Kier molecular flexibility index (Phi) is 5.07. The van der Waals surface area contributed by atoms with Crippen LogP contribution < -0.4 is 10.1 Å². The molecule has 0 fully saturated rings. The Morgan fingerprint density at radius 1 is 1.08 bits per heavy atom. The Morgan fingerprint density at radius 3 is 2.65 bits per heavy atom. The van der Waals surface area contributed by atoms with Crippen LogP contribution in [0.1, 0.15) is 32.7 Å². The molecule has 3 aromatic rings. The molecule has 1 amide bonds. The van der Waals surface area contributed by atoms with Crippen molar-refractivity contribution in [1.82, 2.24) is 9.78 Å². The van der Waals surface area contributed by atoms with E-state index in [-0.39, 0.29) is 12.6 Å². The van der Waals surface area contributed by atoms with Crippen molar-refractivity contribution in [3.05, 3.63) is 76.6 Å². The number of carbonyl (C=O) groups is 1. The lowest BCUT2D eigenvalue weighted by Gasteiger charge is -2.10. The number of hydrogen-bond donors (Lipinski definition) is 1. The summed E-state index contributed by atoms with van der Waals surface area (Å²) in [6, 6.07) is 13.5. The van der Waals surface area contributed by atoms with E-state index in [4.69, 9.17) is 4.74 Å². The number of carbonyl (C=O) groups excluding carboxylic acids is 1. The van der Waals surface area contributed by atoms with E-state index in [1.165, 1.54) is 5.56 Å². The van der Waals surface area contributed by atoms with Gasteiger partial charge in [0.05, 0.1) is 0 Å². The van der Waals surface area contributed by atoms with Gasteiger partial charge in [-0.05, 0) is 62.6 Å². The van der Waals surface area contributed by atoms with Gasteiger partial charge in [0.2, 0.25) is 0 Å². The van der Waals surface area contributed by atoms with Crippen molar-refractivity contribution in [2.45, 2.75) is 34.4 Å². The monoisotopic (exact) mass is 349 g/mol. The first kappa shape index (κ1) is 17.7. The fourth-order valence-electron chi connectivity index (χ4n) is 2.72. The lowest BCUT2D eigenvalue weighted by Crippen LogP contribution is -2.15. The van der Waals surface area contributed by atoms with Crippen molar-refractivity contribution < 1.29 is 9.53 Å². The van der Waals surface area contributed by atoms with E-state index in [0.29, 0.717) is 5.69 Å². The number of ether oxygens (including phenoxy) is 1. The summed E-state index contributed by atoms with van der Waals surface area (Å²) in [5, 5.41) is 7.21. The Bertz CT molecular complexity index is 944. The number of rotatable bonds is 5. The van der Waals surface area contributed by atoms with Crippen LogP contribution in [0.15, 0.2) is 48.7 Å². The van der Waals surface area contributed by atoms with Crippen molar-refractivity contribution in [1.29, 1.82) is 0 Å². The van der Waals surface area contributed by atoms with Gasteiger partial charge in [-0.1, -0.05) is 29.8 Å². The van der Waals surface area contributed by atoms with Crippen molar-refractivity contribution in [3.63, 3.8) is 0 Å². The van der Waals surface area contributed by atoms with Crippen LogP contribution >= 0.6 is 0 Å². The molecule has 1 N–H and O–H groups in total. The first-order valence-corrected chi connectivity index (χ1v) is 8.55. The van der Waals surface area contributed by atoms with Crippen molar-refractivity contribution >= 4 is 11.6 Å². The minimum absolute atomic E-state index is 0.232. The molecule has 0 aliphatic heterocycles. The lowest BCUT2D eigenvalue weighted by molar-refractivity contribution is 0.102. The van der Waals surface area contributed by atoms with E-state index in [9.17, 15) is 4.79 Å². The van der Waals surface area contributed by atoms with Gasteiger partial charge in [-0.2, -0.15) is 5.10 Å². The molecule has 0 bridgehead atoms. The van der Waals surface area contributed by atoms with Crippen LogP contribution in [0.3, 0.4) is 0 Å². The number of hydrogen-bond acceptors (Lipinski definition) is 3. The highest BCUT2D eigenvalue weighted by Crippen LogP contribution is 2.20. The van der Waals surface area contributed by atoms with Crippen LogP contribution in [0.2, 0.25) is 0 Å². The maximum atomic E-state index is 12.4. The van der Waals surface area contributed by atoms with Gasteiger partial charge in [-0.3, -0.25) is 4.79 Å². The second kappa shape index (κ2) is 7.44. The van der Waals surface area contributed by atoms with E-state index >= 15 is 0 Å². The highest BCUT2D eigenvalue weighted by molar-refractivity contribution is 6.03. The minimum atomic E-state index is -0.232. The maximum Gasteiger partial charge on any atom is 0.276 e. The van der Waals surface area contributed by atoms with Gasteiger partial charge >= 0.3 is 0 Å². The molecule has 0 spiro atoms. The average molecular weight is 349 g/mol. The van der Waals surface area contributed by atoms with Crippen LogP contribution in [-0.2, 0) is 6.73 Å². The number of aromatic nitrogens is 2. The first-order valence-electron chi connectivity index (χ1n) is 8.55. The zero-order valence-corrected chi connectivity index (χ0v) is 15.5. The molecule has 0 aliphatic rings. The predicted molar refractivity (Wildman–Crippen MR) is 103 cm³/mol. The number of nitrogens with zero attached hydrogens (tertiary/aromatic N) is 2. The van der Waals surface area contributed by atoms with Gasteiger partial charge in [0.1, 0.15) is 5.75 Å². The highest BCUT2D eigenvalue weighted by Gasteiger charge is 2.12. The molecule has 0 saturated carbocycles. The summed E-state index contributed by atoms with van der Waals surface area (Å²) in [6.45, 7) is 8.31. The van der Waals surface area contributed by atoms with Crippen LogP contribution in [-0.4, -0.2) is 15.7 Å². The van der Waals surface area contributed by atoms with Crippen LogP contribution in [0.5, 0.6) is 5.75 Å². The third kappa shape index (κ3) is 3.94. The Morgan fingerprint density at radius 2 is 1.88 bits per heavy atom. The van der Waals surface area contributed by atoms with Crippen molar-refractivity contribution in [3.8, 4) is 5.75 Å². The van der Waals surface area contributed by atoms with Gasteiger partial charge < -0.3 is 10.1 Å². The molecule has 134 valence electrons. The summed E-state index contributed by atoms with van der Waals surface area (Å²) < 4.78 is 7.40. The van der Waals surface area contributed by atoms with E-state index in [1.807, 2.05) is 58.0 Å². The first-order chi connectivity index (χ1) is 12.4. The molecule has 0 saturated heterocycles. The molecule has 2 aromatic carbocycles. The predicted octanol–water partition coefficient (Wildman–Crippen LogP) is 4.41. The van der Waals surface area contributed by atoms with Crippen LogP contribution in [0, 0.1) is 27.7 Å². The summed E-state index contributed by atoms with van der Waals surface area (Å²) in [5.41, 5.74) is 5.62. The van der Waals surface area contributed by atoms with Gasteiger partial charge in [0.25, 0.3) is 5.91 Å².